The van der Waals surface area contributed by atoms with Gasteiger partial charge in [-0.3, -0.25) is 4.55 Å². The second-order valence-corrected chi connectivity index (χ2v) is 8.26. The number of amides is 2. The summed E-state index contributed by atoms with van der Waals surface area (Å²) in [5, 5.41) is 12.8. The molecule has 0 unspecified atom stereocenters. The molecular formula is C17H14Cl2N8O4S. The molecule has 0 saturated carbocycles. The van der Waals surface area contributed by atoms with Crippen LogP contribution in [0.2, 0.25) is 10.6 Å². The SMILES string of the molecule is Cc1ccc(N=Nc2ccc(Nc3nc(Cl)nc(Cl)n3)cc2NC(N)=O)c(S(=O)(=O)O)c1. The van der Waals surface area contributed by atoms with Crippen molar-refractivity contribution in [2.24, 2.45) is 16.0 Å². The molecule has 3 aromatic rings. The van der Waals surface area contributed by atoms with Crippen molar-refractivity contribution in [2.45, 2.75) is 11.8 Å². The van der Waals surface area contributed by atoms with Crippen molar-refractivity contribution in [3.63, 3.8) is 0 Å². The minimum Gasteiger partial charge on any atom is -0.351 e. The van der Waals surface area contributed by atoms with Gasteiger partial charge in [0.15, 0.2) is 0 Å². The van der Waals surface area contributed by atoms with Crippen molar-refractivity contribution in [3.8, 4) is 0 Å². The zero-order valence-corrected chi connectivity index (χ0v) is 18.4. The number of carbonyl (C=O) groups is 1. The number of urea groups is 1. The lowest BCUT2D eigenvalue weighted by Crippen LogP contribution is -2.19. The third kappa shape index (κ3) is 6.07. The lowest BCUT2D eigenvalue weighted by Gasteiger charge is -2.10. The minimum absolute atomic E-state index is 0.0480. The normalized spacial score (nSPS) is 11.5. The van der Waals surface area contributed by atoms with Crippen LogP contribution >= 0.6 is 23.2 Å². The molecule has 15 heteroatoms. The molecule has 2 amide bonds. The molecular weight excluding hydrogens is 483 g/mol. The van der Waals surface area contributed by atoms with Crippen molar-refractivity contribution in [3.05, 3.63) is 52.5 Å². The van der Waals surface area contributed by atoms with Crippen molar-refractivity contribution >= 4 is 68.0 Å². The zero-order chi connectivity index (χ0) is 23.5. The van der Waals surface area contributed by atoms with Gasteiger partial charge in [-0.2, -0.15) is 23.4 Å². The van der Waals surface area contributed by atoms with Crippen LogP contribution in [0.5, 0.6) is 0 Å². The molecule has 0 aliphatic rings. The number of nitrogens with two attached hydrogens (primary N) is 1. The maximum absolute atomic E-state index is 11.6. The summed E-state index contributed by atoms with van der Waals surface area (Å²) >= 11 is 11.5. The highest BCUT2D eigenvalue weighted by Crippen LogP contribution is 2.33. The smallest absolute Gasteiger partial charge is 0.316 e. The second-order valence-electron chi connectivity index (χ2n) is 6.19. The van der Waals surface area contributed by atoms with Gasteiger partial charge in [-0.1, -0.05) is 6.07 Å². The highest BCUT2D eigenvalue weighted by molar-refractivity contribution is 7.86. The van der Waals surface area contributed by atoms with E-state index in [1.54, 1.807) is 19.1 Å². The van der Waals surface area contributed by atoms with Crippen molar-refractivity contribution in [1.29, 1.82) is 0 Å². The summed E-state index contributed by atoms with van der Waals surface area (Å²) in [6, 6.07) is 7.82. The van der Waals surface area contributed by atoms with E-state index < -0.39 is 21.0 Å². The molecule has 0 radical (unpaired) electrons. The molecule has 32 heavy (non-hydrogen) atoms. The molecule has 2 aromatic carbocycles. The number of nitrogens with zero attached hydrogens (tertiary/aromatic N) is 5. The van der Waals surface area contributed by atoms with Gasteiger partial charge in [0, 0.05) is 5.69 Å². The van der Waals surface area contributed by atoms with Gasteiger partial charge in [-0.15, -0.1) is 10.2 Å². The number of halogens is 2. The Hall–Kier alpha value is -3.39. The Labute approximate surface area is 191 Å². The molecule has 0 bridgehead atoms. The number of benzene rings is 2. The van der Waals surface area contributed by atoms with E-state index in [0.29, 0.717) is 11.3 Å². The summed E-state index contributed by atoms with van der Waals surface area (Å²) in [5.74, 6) is 0.0480. The highest BCUT2D eigenvalue weighted by atomic mass is 35.5. The topological polar surface area (TPSA) is 185 Å². The Balaban J connectivity index is 1.97. The van der Waals surface area contributed by atoms with E-state index >= 15 is 0 Å². The van der Waals surface area contributed by atoms with E-state index in [1.807, 2.05) is 0 Å². The van der Waals surface area contributed by atoms with Gasteiger partial charge < -0.3 is 16.4 Å². The molecule has 5 N–H and O–H groups in total. The number of aromatic nitrogens is 3. The van der Waals surface area contributed by atoms with Gasteiger partial charge in [0.1, 0.15) is 16.3 Å². The average Bonchev–Trinajstić information content (AvgIpc) is 2.66. The standard InChI is InChI=1S/C17H14Cl2N8O4S/c1-8-2-4-11(13(6-8)32(29,30)31)27-26-10-5-3-9(7-12(10)22-16(20)28)21-17-24-14(18)23-15(19)25-17/h2-7H,1H3,(H3,20,22,28)(H,29,30,31)(H,21,23,24,25). The first kappa shape index (κ1) is 23.3. The number of hydrogen-bond acceptors (Lipinski definition) is 9. The fraction of sp³-hybridized carbons (Fsp3) is 0.0588. The molecule has 0 aliphatic heterocycles. The number of rotatable bonds is 6. The molecule has 3 rings (SSSR count). The van der Waals surface area contributed by atoms with Gasteiger partial charge >= 0.3 is 6.03 Å². The summed E-state index contributed by atoms with van der Waals surface area (Å²) in [6.45, 7) is 1.66. The highest BCUT2D eigenvalue weighted by Gasteiger charge is 2.16. The molecule has 12 nitrogen and oxygen atoms in total. The maximum atomic E-state index is 11.6. The fourth-order valence-corrected chi connectivity index (χ4v) is 3.53. The number of primary amides is 1. The van der Waals surface area contributed by atoms with Gasteiger partial charge in [-0.25, -0.2) is 4.79 Å². The van der Waals surface area contributed by atoms with Crippen LogP contribution in [0.25, 0.3) is 0 Å². The van der Waals surface area contributed by atoms with Crippen LogP contribution in [-0.4, -0.2) is 34.0 Å². The Bertz CT molecular complexity index is 1310. The zero-order valence-electron chi connectivity index (χ0n) is 16.1. The molecule has 0 aliphatic carbocycles. The van der Waals surface area contributed by atoms with Crippen LogP contribution in [0.4, 0.5) is 33.5 Å². The first-order valence-corrected chi connectivity index (χ1v) is 10.8. The molecule has 0 saturated heterocycles. The first-order chi connectivity index (χ1) is 15.0. The molecule has 0 fully saturated rings. The number of azo groups is 1. The van der Waals surface area contributed by atoms with Crippen LogP contribution in [0.3, 0.4) is 0 Å². The number of nitrogens with one attached hydrogen (secondary N) is 2. The first-order valence-electron chi connectivity index (χ1n) is 8.56. The van der Waals surface area contributed by atoms with Crippen LogP contribution in [-0.2, 0) is 10.1 Å². The predicted octanol–water partition coefficient (Wildman–Crippen LogP) is 4.38. The van der Waals surface area contributed by atoms with Crippen LogP contribution in [0.1, 0.15) is 5.56 Å². The van der Waals surface area contributed by atoms with Crippen LogP contribution in [0, 0.1) is 6.92 Å². The largest absolute Gasteiger partial charge is 0.351 e. The van der Waals surface area contributed by atoms with Crippen molar-refractivity contribution < 1.29 is 17.8 Å². The number of aryl methyl sites for hydroxylation is 1. The molecule has 166 valence electrons. The van der Waals surface area contributed by atoms with E-state index in [0.717, 1.165) is 0 Å². The van der Waals surface area contributed by atoms with Gasteiger partial charge in [0.2, 0.25) is 16.5 Å². The molecule has 0 spiro atoms. The Morgan fingerprint density at radius 2 is 1.66 bits per heavy atom. The van der Waals surface area contributed by atoms with Crippen LogP contribution < -0.4 is 16.4 Å². The third-order valence-corrected chi connectivity index (χ3v) is 4.97. The van der Waals surface area contributed by atoms with Gasteiger partial charge in [-0.05, 0) is 66.0 Å². The summed E-state index contributed by atoms with van der Waals surface area (Å²) in [7, 11) is -4.53. The summed E-state index contributed by atoms with van der Waals surface area (Å²) < 4.78 is 32.7. The van der Waals surface area contributed by atoms with E-state index in [9.17, 15) is 17.8 Å². The van der Waals surface area contributed by atoms with Gasteiger partial charge in [0.05, 0.1) is 5.69 Å². The average molecular weight is 497 g/mol. The molecule has 1 aromatic heterocycles. The van der Waals surface area contributed by atoms with E-state index in [4.69, 9.17) is 28.9 Å². The lowest BCUT2D eigenvalue weighted by atomic mass is 10.2. The Kier molecular flexibility index (Phi) is 6.84. The van der Waals surface area contributed by atoms with Crippen molar-refractivity contribution in [2.75, 3.05) is 10.6 Å². The fourth-order valence-electron chi connectivity index (χ4n) is 2.46. The summed E-state index contributed by atoms with van der Waals surface area (Å²) in [4.78, 5) is 22.4. The van der Waals surface area contributed by atoms with Crippen molar-refractivity contribution in [1.82, 2.24) is 15.0 Å². The number of hydrogen-bond donors (Lipinski definition) is 4. The summed E-state index contributed by atoms with van der Waals surface area (Å²) in [6.07, 6.45) is 0. The lowest BCUT2D eigenvalue weighted by molar-refractivity contribution is 0.259. The predicted molar refractivity (Wildman–Crippen MR) is 118 cm³/mol. The number of anilines is 3. The van der Waals surface area contributed by atoms with Gasteiger partial charge in [0.25, 0.3) is 10.1 Å². The summed E-state index contributed by atoms with van der Waals surface area (Å²) in [5.41, 5.74) is 6.40. The maximum Gasteiger partial charge on any atom is 0.316 e. The second kappa shape index (κ2) is 9.40. The van der Waals surface area contributed by atoms with E-state index in [-0.39, 0.29) is 33.6 Å². The molecule has 1 heterocycles. The minimum atomic E-state index is -4.53. The monoisotopic (exact) mass is 496 g/mol. The quantitative estimate of drug-likeness (QED) is 0.285. The Morgan fingerprint density at radius 1 is 1.03 bits per heavy atom. The Morgan fingerprint density at radius 3 is 2.28 bits per heavy atom. The van der Waals surface area contributed by atoms with Crippen LogP contribution in [0.15, 0.2) is 51.5 Å². The molecule has 0 atom stereocenters. The van der Waals surface area contributed by atoms with E-state index in [2.05, 4.69) is 35.8 Å². The van der Waals surface area contributed by atoms with E-state index in [1.165, 1.54) is 24.3 Å². The third-order valence-electron chi connectivity index (χ3n) is 3.75. The number of carbonyl (C=O) groups excluding carboxylic acids is 1.